The zero-order chi connectivity index (χ0) is 13.7. The minimum Gasteiger partial charge on any atom is -0.477 e. The molecule has 0 fully saturated rings. The molecule has 0 N–H and O–H groups in total. The highest BCUT2D eigenvalue weighted by molar-refractivity contribution is 5.80. The first-order valence-corrected chi connectivity index (χ1v) is 5.43. The standard InChI is InChI=1S/C12H15F2NO3/c1-4-10(12(16)15(2)17-3)18-11-6-5-8(13)7-9(11)14/h5-7,10H,4H2,1-3H3. The molecule has 0 saturated heterocycles. The molecule has 0 saturated carbocycles. The van der Waals surface area contributed by atoms with Crippen LogP contribution >= 0.6 is 0 Å². The molecule has 0 aromatic heterocycles. The van der Waals surface area contributed by atoms with Crippen LogP contribution in [0.15, 0.2) is 18.2 Å². The Morgan fingerprint density at radius 1 is 1.44 bits per heavy atom. The van der Waals surface area contributed by atoms with Gasteiger partial charge in [-0.25, -0.2) is 13.8 Å². The molecule has 1 atom stereocenters. The van der Waals surface area contributed by atoms with Gasteiger partial charge in [-0.3, -0.25) is 9.63 Å². The van der Waals surface area contributed by atoms with Crippen LogP contribution in [0, 0.1) is 11.6 Å². The molecule has 100 valence electrons. The van der Waals surface area contributed by atoms with Gasteiger partial charge in [0.1, 0.15) is 5.82 Å². The normalized spacial score (nSPS) is 12.1. The highest BCUT2D eigenvalue weighted by atomic mass is 19.1. The van der Waals surface area contributed by atoms with Crippen molar-refractivity contribution in [2.45, 2.75) is 19.4 Å². The summed E-state index contributed by atoms with van der Waals surface area (Å²) in [6.07, 6.45) is -0.543. The van der Waals surface area contributed by atoms with Crippen LogP contribution in [0.2, 0.25) is 0 Å². The number of carbonyl (C=O) groups is 1. The van der Waals surface area contributed by atoms with E-state index in [4.69, 9.17) is 9.57 Å². The number of carbonyl (C=O) groups excluding carboxylic acids is 1. The van der Waals surface area contributed by atoms with Gasteiger partial charge in [0.2, 0.25) is 0 Å². The Bertz CT molecular complexity index is 426. The van der Waals surface area contributed by atoms with Gasteiger partial charge in [0.15, 0.2) is 17.7 Å². The van der Waals surface area contributed by atoms with Crippen LogP contribution in [0.25, 0.3) is 0 Å². The van der Waals surface area contributed by atoms with Gasteiger partial charge >= 0.3 is 0 Å². The fourth-order valence-electron chi connectivity index (χ4n) is 1.33. The maximum absolute atomic E-state index is 13.4. The Balaban J connectivity index is 2.83. The first-order valence-electron chi connectivity index (χ1n) is 5.43. The summed E-state index contributed by atoms with van der Waals surface area (Å²) in [4.78, 5) is 16.5. The van der Waals surface area contributed by atoms with Gasteiger partial charge < -0.3 is 4.74 Å². The van der Waals surface area contributed by atoms with Crippen LogP contribution in [0.3, 0.4) is 0 Å². The number of hydroxylamine groups is 2. The monoisotopic (exact) mass is 259 g/mol. The Labute approximate surface area is 104 Å². The third-order valence-corrected chi connectivity index (χ3v) is 2.39. The number of amides is 1. The van der Waals surface area contributed by atoms with Gasteiger partial charge in [-0.1, -0.05) is 6.92 Å². The third kappa shape index (κ3) is 3.40. The number of hydrogen-bond acceptors (Lipinski definition) is 3. The minimum atomic E-state index is -0.880. The van der Waals surface area contributed by atoms with Crippen molar-refractivity contribution in [3.05, 3.63) is 29.8 Å². The van der Waals surface area contributed by atoms with Crippen molar-refractivity contribution in [1.29, 1.82) is 0 Å². The number of hydrogen-bond donors (Lipinski definition) is 0. The lowest BCUT2D eigenvalue weighted by Crippen LogP contribution is -2.38. The predicted octanol–water partition coefficient (Wildman–Crippen LogP) is 2.14. The van der Waals surface area contributed by atoms with E-state index in [2.05, 4.69) is 0 Å². The molecule has 0 aliphatic rings. The molecule has 1 aromatic rings. The zero-order valence-corrected chi connectivity index (χ0v) is 10.4. The number of likely N-dealkylation sites (N-methyl/N-ethyl adjacent to an activating group) is 1. The first kappa shape index (κ1) is 14.4. The summed E-state index contributed by atoms with van der Waals surface area (Å²) < 4.78 is 31.3. The number of ether oxygens (including phenoxy) is 1. The highest BCUT2D eigenvalue weighted by Crippen LogP contribution is 2.20. The molecule has 0 radical (unpaired) electrons. The van der Waals surface area contributed by atoms with Crippen LogP contribution < -0.4 is 4.74 Å². The molecule has 0 aliphatic heterocycles. The van der Waals surface area contributed by atoms with Crippen molar-refractivity contribution < 1.29 is 23.1 Å². The second-order valence-corrected chi connectivity index (χ2v) is 3.61. The Kier molecular flexibility index (Phi) is 5.03. The second-order valence-electron chi connectivity index (χ2n) is 3.61. The zero-order valence-electron chi connectivity index (χ0n) is 10.4. The summed E-state index contributed by atoms with van der Waals surface area (Å²) in [5.41, 5.74) is 0. The summed E-state index contributed by atoms with van der Waals surface area (Å²) in [6, 6.07) is 2.91. The fourth-order valence-corrected chi connectivity index (χ4v) is 1.33. The SMILES string of the molecule is CCC(Oc1ccc(F)cc1F)C(=O)N(C)OC. The summed E-state index contributed by atoms with van der Waals surface area (Å²) in [5.74, 6) is -2.15. The van der Waals surface area contributed by atoms with E-state index < -0.39 is 23.6 Å². The highest BCUT2D eigenvalue weighted by Gasteiger charge is 2.23. The van der Waals surface area contributed by atoms with E-state index in [1.54, 1.807) is 6.92 Å². The summed E-state index contributed by atoms with van der Waals surface area (Å²) in [6.45, 7) is 1.72. The van der Waals surface area contributed by atoms with E-state index in [1.165, 1.54) is 14.2 Å². The van der Waals surface area contributed by atoms with E-state index >= 15 is 0 Å². The average molecular weight is 259 g/mol. The van der Waals surface area contributed by atoms with Crippen LogP contribution in [0.5, 0.6) is 5.75 Å². The van der Waals surface area contributed by atoms with E-state index in [-0.39, 0.29) is 5.75 Å². The number of nitrogens with zero attached hydrogens (tertiary/aromatic N) is 1. The molecule has 1 rings (SSSR count). The van der Waals surface area contributed by atoms with E-state index in [1.807, 2.05) is 0 Å². The Morgan fingerprint density at radius 2 is 2.11 bits per heavy atom. The minimum absolute atomic E-state index is 0.166. The molecular weight excluding hydrogens is 244 g/mol. The molecule has 1 unspecified atom stereocenters. The number of halogens is 2. The molecule has 1 amide bonds. The lowest BCUT2D eigenvalue weighted by atomic mass is 10.2. The number of rotatable bonds is 5. The molecule has 1 aromatic carbocycles. The second kappa shape index (κ2) is 6.30. The molecule has 18 heavy (non-hydrogen) atoms. The van der Waals surface area contributed by atoms with Crippen molar-refractivity contribution >= 4 is 5.91 Å². The van der Waals surface area contributed by atoms with E-state index in [0.717, 1.165) is 17.2 Å². The van der Waals surface area contributed by atoms with E-state index in [0.29, 0.717) is 12.5 Å². The largest absolute Gasteiger partial charge is 0.477 e. The summed E-state index contributed by atoms with van der Waals surface area (Å²) in [5, 5.41) is 0.996. The summed E-state index contributed by atoms with van der Waals surface area (Å²) in [7, 11) is 2.76. The van der Waals surface area contributed by atoms with Crippen molar-refractivity contribution in [3.8, 4) is 5.75 Å². The van der Waals surface area contributed by atoms with Gasteiger partial charge in [0.05, 0.1) is 7.11 Å². The molecular formula is C12H15F2NO3. The van der Waals surface area contributed by atoms with Crippen molar-refractivity contribution in [2.75, 3.05) is 14.2 Å². The lowest BCUT2D eigenvalue weighted by Gasteiger charge is -2.21. The Hall–Kier alpha value is -1.69. The quantitative estimate of drug-likeness (QED) is 0.760. The molecule has 0 spiro atoms. The van der Waals surface area contributed by atoms with Crippen LogP contribution in [-0.4, -0.2) is 31.2 Å². The van der Waals surface area contributed by atoms with Crippen LogP contribution in [0.4, 0.5) is 8.78 Å². The van der Waals surface area contributed by atoms with Gasteiger partial charge in [0, 0.05) is 13.1 Å². The average Bonchev–Trinajstić information content (AvgIpc) is 2.36. The molecule has 4 nitrogen and oxygen atoms in total. The summed E-state index contributed by atoms with van der Waals surface area (Å²) >= 11 is 0. The van der Waals surface area contributed by atoms with Gasteiger partial charge in [-0.2, -0.15) is 0 Å². The maximum Gasteiger partial charge on any atom is 0.286 e. The molecule has 0 heterocycles. The van der Waals surface area contributed by atoms with E-state index in [9.17, 15) is 13.6 Å². The van der Waals surface area contributed by atoms with Crippen LogP contribution in [0.1, 0.15) is 13.3 Å². The first-order chi connectivity index (χ1) is 8.49. The van der Waals surface area contributed by atoms with Gasteiger partial charge in [0.25, 0.3) is 5.91 Å². The smallest absolute Gasteiger partial charge is 0.286 e. The maximum atomic E-state index is 13.4. The van der Waals surface area contributed by atoms with Gasteiger partial charge in [-0.15, -0.1) is 0 Å². The van der Waals surface area contributed by atoms with Crippen LogP contribution in [-0.2, 0) is 9.63 Å². The molecule has 0 aliphatic carbocycles. The van der Waals surface area contributed by atoms with Gasteiger partial charge in [-0.05, 0) is 18.6 Å². The Morgan fingerprint density at radius 3 is 2.61 bits per heavy atom. The van der Waals surface area contributed by atoms with Crippen molar-refractivity contribution in [1.82, 2.24) is 5.06 Å². The molecule has 0 bridgehead atoms. The van der Waals surface area contributed by atoms with Crippen molar-refractivity contribution in [2.24, 2.45) is 0 Å². The lowest BCUT2D eigenvalue weighted by molar-refractivity contribution is -0.176. The van der Waals surface area contributed by atoms with Crippen molar-refractivity contribution in [3.63, 3.8) is 0 Å². The molecule has 6 heteroatoms. The fraction of sp³-hybridized carbons (Fsp3) is 0.417. The third-order valence-electron chi connectivity index (χ3n) is 2.39. The predicted molar refractivity (Wildman–Crippen MR) is 60.8 cm³/mol. The topological polar surface area (TPSA) is 38.8 Å². The number of benzene rings is 1.